The van der Waals surface area contributed by atoms with Crippen molar-refractivity contribution < 1.29 is 14.2 Å². The maximum absolute atomic E-state index is 5.42. The van der Waals surface area contributed by atoms with E-state index in [9.17, 15) is 0 Å². The zero-order valence-corrected chi connectivity index (χ0v) is 13.6. The van der Waals surface area contributed by atoms with Gasteiger partial charge in [-0.05, 0) is 24.6 Å². The maximum atomic E-state index is 5.42. The number of hydrogen-bond acceptors (Lipinski definition) is 4. The van der Waals surface area contributed by atoms with E-state index in [1.54, 1.807) is 21.3 Å². The van der Waals surface area contributed by atoms with Crippen molar-refractivity contribution in [3.8, 4) is 17.2 Å². The third-order valence-electron chi connectivity index (χ3n) is 3.57. The number of nitrogens with one attached hydrogen (secondary N) is 1. The average Bonchev–Trinajstić information content (AvgIpc) is 2.56. The maximum Gasteiger partial charge on any atom is 0.127 e. The molecule has 2 rings (SSSR count). The van der Waals surface area contributed by atoms with Crippen LogP contribution in [0.1, 0.15) is 16.7 Å². The van der Waals surface area contributed by atoms with Crippen LogP contribution in [0, 0.1) is 6.92 Å². The zero-order valence-electron chi connectivity index (χ0n) is 13.6. The minimum atomic E-state index is 0.712. The Kier molecular flexibility index (Phi) is 5.67. The van der Waals surface area contributed by atoms with Gasteiger partial charge in [0.2, 0.25) is 0 Å². The topological polar surface area (TPSA) is 39.7 Å². The molecule has 0 spiro atoms. The van der Waals surface area contributed by atoms with Crippen LogP contribution >= 0.6 is 0 Å². The summed E-state index contributed by atoms with van der Waals surface area (Å²) in [5.74, 6) is 2.53. The van der Waals surface area contributed by atoms with E-state index in [1.807, 2.05) is 24.3 Å². The first-order chi connectivity index (χ1) is 10.7. The Bertz CT molecular complexity index is 626. The highest BCUT2D eigenvalue weighted by molar-refractivity contribution is 5.41. The van der Waals surface area contributed by atoms with Gasteiger partial charge in [-0.25, -0.2) is 0 Å². The fourth-order valence-electron chi connectivity index (χ4n) is 2.33. The zero-order chi connectivity index (χ0) is 15.9. The van der Waals surface area contributed by atoms with Crippen molar-refractivity contribution in [2.45, 2.75) is 20.0 Å². The molecule has 0 saturated carbocycles. The van der Waals surface area contributed by atoms with Crippen molar-refractivity contribution >= 4 is 0 Å². The number of hydrogen-bond donors (Lipinski definition) is 1. The highest BCUT2D eigenvalue weighted by Gasteiger charge is 2.06. The molecule has 2 aromatic carbocycles. The molecule has 0 bridgehead atoms. The molecule has 0 aliphatic heterocycles. The SMILES string of the molecule is COc1ccc(CNCc2ccc(C)cc2OC)c(OC)c1. The molecular weight excluding hydrogens is 278 g/mol. The molecular formula is C18H23NO3. The second-order valence-electron chi connectivity index (χ2n) is 5.10. The van der Waals surface area contributed by atoms with E-state index >= 15 is 0 Å². The molecule has 0 saturated heterocycles. The number of benzene rings is 2. The Morgan fingerprint density at radius 1 is 0.773 bits per heavy atom. The van der Waals surface area contributed by atoms with Gasteiger partial charge in [0, 0.05) is 30.3 Å². The largest absolute Gasteiger partial charge is 0.497 e. The Hall–Kier alpha value is -2.20. The molecule has 0 aromatic heterocycles. The first-order valence-corrected chi connectivity index (χ1v) is 7.23. The molecule has 4 heteroatoms. The Morgan fingerprint density at radius 2 is 1.36 bits per heavy atom. The van der Waals surface area contributed by atoms with E-state index in [2.05, 4.69) is 24.4 Å². The van der Waals surface area contributed by atoms with E-state index in [4.69, 9.17) is 14.2 Å². The predicted molar refractivity (Wildman–Crippen MR) is 87.8 cm³/mol. The molecule has 0 aliphatic carbocycles. The molecule has 2 aromatic rings. The van der Waals surface area contributed by atoms with Gasteiger partial charge in [0.1, 0.15) is 17.2 Å². The van der Waals surface area contributed by atoms with E-state index in [0.29, 0.717) is 6.54 Å². The fourth-order valence-corrected chi connectivity index (χ4v) is 2.33. The molecule has 0 aliphatic rings. The Morgan fingerprint density at radius 3 is 1.95 bits per heavy atom. The molecule has 0 unspecified atom stereocenters. The van der Waals surface area contributed by atoms with Gasteiger partial charge in [-0.1, -0.05) is 18.2 Å². The molecule has 1 N–H and O–H groups in total. The first-order valence-electron chi connectivity index (χ1n) is 7.23. The lowest BCUT2D eigenvalue weighted by Crippen LogP contribution is -2.14. The summed E-state index contributed by atoms with van der Waals surface area (Å²) in [6.07, 6.45) is 0. The van der Waals surface area contributed by atoms with E-state index in [1.165, 1.54) is 5.56 Å². The summed E-state index contributed by atoms with van der Waals surface area (Å²) >= 11 is 0. The smallest absolute Gasteiger partial charge is 0.127 e. The van der Waals surface area contributed by atoms with Crippen molar-refractivity contribution in [1.29, 1.82) is 0 Å². The first kappa shape index (κ1) is 16.2. The summed E-state index contributed by atoms with van der Waals surface area (Å²) in [5, 5.41) is 3.42. The van der Waals surface area contributed by atoms with Gasteiger partial charge in [-0.15, -0.1) is 0 Å². The van der Waals surface area contributed by atoms with E-state index in [-0.39, 0.29) is 0 Å². The number of aryl methyl sites for hydroxylation is 1. The highest BCUT2D eigenvalue weighted by Crippen LogP contribution is 2.25. The standard InChI is InChI=1S/C18H23NO3/c1-13-5-6-14(17(9-13)21-3)11-19-12-15-7-8-16(20-2)10-18(15)22-4/h5-10,19H,11-12H2,1-4H3. The molecule has 0 atom stereocenters. The predicted octanol–water partition coefficient (Wildman–Crippen LogP) is 3.31. The molecule has 0 fully saturated rings. The Balaban J connectivity index is 2.02. The van der Waals surface area contributed by atoms with Crippen molar-refractivity contribution in [2.24, 2.45) is 0 Å². The van der Waals surface area contributed by atoms with Crippen LogP contribution in [0.25, 0.3) is 0 Å². The summed E-state index contributed by atoms with van der Waals surface area (Å²) < 4.78 is 16.0. The monoisotopic (exact) mass is 301 g/mol. The molecule has 0 radical (unpaired) electrons. The summed E-state index contributed by atoms with van der Waals surface area (Å²) in [5.41, 5.74) is 3.42. The van der Waals surface area contributed by atoms with Crippen molar-refractivity contribution in [3.63, 3.8) is 0 Å². The number of methoxy groups -OCH3 is 3. The lowest BCUT2D eigenvalue weighted by molar-refractivity contribution is 0.389. The van der Waals surface area contributed by atoms with Crippen LogP contribution < -0.4 is 19.5 Å². The third kappa shape index (κ3) is 3.92. The van der Waals surface area contributed by atoms with Gasteiger partial charge < -0.3 is 19.5 Å². The van der Waals surface area contributed by atoms with Gasteiger partial charge in [-0.3, -0.25) is 0 Å². The molecule has 22 heavy (non-hydrogen) atoms. The van der Waals surface area contributed by atoms with Gasteiger partial charge in [0.15, 0.2) is 0 Å². The van der Waals surface area contributed by atoms with Gasteiger partial charge in [0.25, 0.3) is 0 Å². The van der Waals surface area contributed by atoms with Crippen molar-refractivity contribution in [1.82, 2.24) is 5.32 Å². The fraction of sp³-hybridized carbons (Fsp3) is 0.333. The minimum Gasteiger partial charge on any atom is -0.497 e. The van der Waals surface area contributed by atoms with Crippen molar-refractivity contribution in [2.75, 3.05) is 21.3 Å². The van der Waals surface area contributed by atoms with Crippen LogP contribution in [0.4, 0.5) is 0 Å². The van der Waals surface area contributed by atoms with Gasteiger partial charge in [-0.2, -0.15) is 0 Å². The minimum absolute atomic E-state index is 0.712. The normalized spacial score (nSPS) is 10.4. The summed E-state index contributed by atoms with van der Waals surface area (Å²) in [6, 6.07) is 12.1. The lowest BCUT2D eigenvalue weighted by atomic mass is 10.1. The summed E-state index contributed by atoms with van der Waals surface area (Å²) in [4.78, 5) is 0. The summed E-state index contributed by atoms with van der Waals surface area (Å²) in [6.45, 7) is 3.50. The van der Waals surface area contributed by atoms with Crippen LogP contribution in [0.5, 0.6) is 17.2 Å². The highest BCUT2D eigenvalue weighted by atomic mass is 16.5. The van der Waals surface area contributed by atoms with Gasteiger partial charge >= 0.3 is 0 Å². The molecule has 0 amide bonds. The van der Waals surface area contributed by atoms with Crippen LogP contribution in [-0.2, 0) is 13.1 Å². The van der Waals surface area contributed by atoms with Crippen LogP contribution in [0.15, 0.2) is 36.4 Å². The van der Waals surface area contributed by atoms with E-state index in [0.717, 1.165) is 34.9 Å². The number of ether oxygens (including phenoxy) is 3. The number of rotatable bonds is 7. The van der Waals surface area contributed by atoms with Gasteiger partial charge in [0.05, 0.1) is 21.3 Å². The van der Waals surface area contributed by atoms with E-state index < -0.39 is 0 Å². The molecule has 0 heterocycles. The molecule has 4 nitrogen and oxygen atoms in total. The lowest BCUT2D eigenvalue weighted by Gasteiger charge is -2.13. The quantitative estimate of drug-likeness (QED) is 0.851. The van der Waals surface area contributed by atoms with Crippen LogP contribution in [0.3, 0.4) is 0 Å². The summed E-state index contributed by atoms with van der Waals surface area (Å²) in [7, 11) is 5.02. The third-order valence-corrected chi connectivity index (χ3v) is 3.57. The average molecular weight is 301 g/mol. The second-order valence-corrected chi connectivity index (χ2v) is 5.10. The van der Waals surface area contributed by atoms with Crippen molar-refractivity contribution in [3.05, 3.63) is 53.1 Å². The second kappa shape index (κ2) is 7.71. The Labute approximate surface area is 132 Å². The van der Waals surface area contributed by atoms with Crippen LogP contribution in [-0.4, -0.2) is 21.3 Å². The molecule has 118 valence electrons. The van der Waals surface area contributed by atoms with Crippen LogP contribution in [0.2, 0.25) is 0 Å².